The Hall–Kier alpha value is -1.44. The molecule has 2 heteroatoms. The van der Waals surface area contributed by atoms with Crippen molar-refractivity contribution in [2.45, 2.75) is 33.3 Å². The summed E-state index contributed by atoms with van der Waals surface area (Å²) in [5, 5.41) is 1.23. The van der Waals surface area contributed by atoms with Crippen LogP contribution in [0.3, 0.4) is 0 Å². The zero-order valence-electron chi connectivity index (χ0n) is 10.6. The lowest BCUT2D eigenvalue weighted by atomic mass is 9.78. The van der Waals surface area contributed by atoms with Gasteiger partial charge in [-0.25, -0.2) is 0 Å². The van der Waals surface area contributed by atoms with Crippen molar-refractivity contribution in [1.29, 1.82) is 0 Å². The SMILES string of the molecule is C=C1CC(C)C2C=c3cc(C)oc3=C(C)C2O1. The van der Waals surface area contributed by atoms with Gasteiger partial charge in [-0.15, -0.1) is 0 Å². The van der Waals surface area contributed by atoms with Gasteiger partial charge >= 0.3 is 0 Å². The van der Waals surface area contributed by atoms with Crippen molar-refractivity contribution in [3.8, 4) is 0 Å². The van der Waals surface area contributed by atoms with E-state index in [0.29, 0.717) is 11.8 Å². The molecule has 3 atom stereocenters. The van der Waals surface area contributed by atoms with E-state index in [-0.39, 0.29) is 6.10 Å². The molecule has 1 aliphatic heterocycles. The minimum absolute atomic E-state index is 0.115. The lowest BCUT2D eigenvalue weighted by molar-refractivity contribution is 0.0582. The van der Waals surface area contributed by atoms with E-state index in [1.165, 1.54) is 10.8 Å². The lowest BCUT2D eigenvalue weighted by Gasteiger charge is -2.37. The average molecular weight is 230 g/mol. The molecular weight excluding hydrogens is 212 g/mol. The Morgan fingerprint density at radius 2 is 2.12 bits per heavy atom. The van der Waals surface area contributed by atoms with E-state index in [2.05, 4.69) is 32.6 Å². The predicted octanol–water partition coefficient (Wildman–Crippen LogP) is 2.11. The fourth-order valence-electron chi connectivity index (χ4n) is 3.03. The minimum Gasteiger partial charge on any atom is -0.490 e. The maximum Gasteiger partial charge on any atom is 0.136 e. The highest BCUT2D eigenvalue weighted by molar-refractivity contribution is 5.54. The number of allylic oxidation sites excluding steroid dienone is 1. The molecule has 0 saturated carbocycles. The molecule has 3 rings (SSSR count). The Balaban J connectivity index is 2.20. The van der Waals surface area contributed by atoms with Crippen LogP contribution in [0.5, 0.6) is 0 Å². The van der Waals surface area contributed by atoms with Crippen molar-refractivity contribution in [3.05, 3.63) is 34.8 Å². The van der Waals surface area contributed by atoms with Crippen LogP contribution in [0.4, 0.5) is 0 Å². The number of rotatable bonds is 0. The number of hydrogen-bond acceptors (Lipinski definition) is 2. The summed E-state index contributed by atoms with van der Waals surface area (Å²) in [4.78, 5) is 0. The fraction of sp³-hybridized carbons (Fsp3) is 0.467. The number of furan rings is 1. The predicted molar refractivity (Wildman–Crippen MR) is 67.5 cm³/mol. The van der Waals surface area contributed by atoms with Crippen LogP contribution in [0.15, 0.2) is 22.8 Å². The van der Waals surface area contributed by atoms with Crippen LogP contribution in [-0.4, -0.2) is 6.10 Å². The second kappa shape index (κ2) is 3.52. The van der Waals surface area contributed by atoms with Crippen molar-refractivity contribution in [2.24, 2.45) is 11.8 Å². The fourth-order valence-corrected chi connectivity index (χ4v) is 3.03. The summed E-state index contributed by atoms with van der Waals surface area (Å²) in [6.07, 6.45) is 3.38. The van der Waals surface area contributed by atoms with E-state index < -0.39 is 0 Å². The molecule has 0 bridgehead atoms. The van der Waals surface area contributed by atoms with Crippen LogP contribution >= 0.6 is 0 Å². The summed E-state index contributed by atoms with van der Waals surface area (Å²) in [6, 6.07) is 2.12. The van der Waals surface area contributed by atoms with E-state index in [4.69, 9.17) is 9.15 Å². The van der Waals surface area contributed by atoms with E-state index in [0.717, 1.165) is 23.4 Å². The Bertz CT molecular complexity index is 591. The molecule has 17 heavy (non-hydrogen) atoms. The zero-order chi connectivity index (χ0) is 12.2. The highest BCUT2D eigenvalue weighted by atomic mass is 16.5. The van der Waals surface area contributed by atoms with Crippen LogP contribution in [0.2, 0.25) is 0 Å². The van der Waals surface area contributed by atoms with E-state index in [9.17, 15) is 0 Å². The quantitative estimate of drug-likeness (QED) is 0.681. The summed E-state index contributed by atoms with van der Waals surface area (Å²) in [5.41, 5.74) is 2.19. The van der Waals surface area contributed by atoms with Gasteiger partial charge in [0, 0.05) is 23.1 Å². The van der Waals surface area contributed by atoms with Crippen LogP contribution in [-0.2, 0) is 4.74 Å². The normalized spacial score (nSPS) is 31.4. The molecule has 1 aromatic rings. The first kappa shape index (κ1) is 10.7. The number of aryl methyl sites for hydroxylation is 1. The molecule has 3 unspecified atom stereocenters. The van der Waals surface area contributed by atoms with Gasteiger partial charge < -0.3 is 9.15 Å². The van der Waals surface area contributed by atoms with Gasteiger partial charge in [0.25, 0.3) is 0 Å². The molecule has 1 aromatic heterocycles. The maximum atomic E-state index is 5.92. The standard InChI is InChI=1S/C15H18O2/c1-8-5-9(2)17-15-11(4)14-12(7-13(8)15)6-10(3)16-14/h6-8,13,15H,2,5H2,1,3-4H3. The van der Waals surface area contributed by atoms with Gasteiger partial charge in [-0.1, -0.05) is 19.6 Å². The Morgan fingerprint density at radius 3 is 2.88 bits per heavy atom. The van der Waals surface area contributed by atoms with Crippen molar-refractivity contribution in [2.75, 3.05) is 0 Å². The highest BCUT2D eigenvalue weighted by Crippen LogP contribution is 2.37. The molecule has 1 aliphatic carbocycles. The third-order valence-electron chi connectivity index (χ3n) is 3.89. The Morgan fingerprint density at radius 1 is 1.35 bits per heavy atom. The van der Waals surface area contributed by atoms with Crippen LogP contribution in [0, 0.1) is 18.8 Å². The molecule has 1 fully saturated rings. The van der Waals surface area contributed by atoms with Crippen molar-refractivity contribution in [1.82, 2.24) is 0 Å². The number of fused-ring (bicyclic) bond motifs is 2. The topological polar surface area (TPSA) is 22.4 Å². The van der Waals surface area contributed by atoms with Crippen LogP contribution < -0.4 is 10.6 Å². The molecule has 90 valence electrons. The molecule has 1 saturated heterocycles. The largest absolute Gasteiger partial charge is 0.490 e. The van der Waals surface area contributed by atoms with Crippen molar-refractivity contribution in [3.63, 3.8) is 0 Å². The minimum atomic E-state index is 0.115. The summed E-state index contributed by atoms with van der Waals surface area (Å²) in [5.74, 6) is 2.90. The number of ether oxygens (including phenoxy) is 1. The van der Waals surface area contributed by atoms with Crippen molar-refractivity contribution >= 4 is 11.6 Å². The van der Waals surface area contributed by atoms with Gasteiger partial charge in [0.05, 0.1) is 5.76 Å². The summed E-state index contributed by atoms with van der Waals surface area (Å²) in [7, 11) is 0. The second-order valence-corrected chi connectivity index (χ2v) is 5.33. The lowest BCUT2D eigenvalue weighted by Crippen LogP contribution is -2.42. The molecule has 0 aromatic carbocycles. The smallest absolute Gasteiger partial charge is 0.136 e. The van der Waals surface area contributed by atoms with Crippen LogP contribution in [0.1, 0.15) is 26.0 Å². The first-order chi connectivity index (χ1) is 8.06. The summed E-state index contributed by atoms with van der Waals surface area (Å²) < 4.78 is 11.7. The van der Waals surface area contributed by atoms with Gasteiger partial charge in [-0.2, -0.15) is 0 Å². The molecule has 2 aliphatic rings. The molecule has 0 spiro atoms. The first-order valence-corrected chi connectivity index (χ1v) is 6.20. The molecular formula is C15H18O2. The number of hydrogen-bond donors (Lipinski definition) is 0. The van der Waals surface area contributed by atoms with Crippen molar-refractivity contribution < 1.29 is 9.15 Å². The van der Waals surface area contributed by atoms with Gasteiger partial charge in [-0.3, -0.25) is 0 Å². The third kappa shape index (κ3) is 1.54. The molecule has 2 nitrogen and oxygen atoms in total. The molecule has 0 N–H and O–H groups in total. The highest BCUT2D eigenvalue weighted by Gasteiger charge is 2.36. The molecule has 0 radical (unpaired) electrons. The molecule has 0 amide bonds. The summed E-state index contributed by atoms with van der Waals surface area (Å²) in [6.45, 7) is 10.3. The first-order valence-electron chi connectivity index (χ1n) is 6.20. The van der Waals surface area contributed by atoms with Gasteiger partial charge in [0.2, 0.25) is 0 Å². The van der Waals surface area contributed by atoms with Gasteiger partial charge in [0.15, 0.2) is 0 Å². The van der Waals surface area contributed by atoms with Crippen LogP contribution in [0.25, 0.3) is 11.6 Å². The monoisotopic (exact) mass is 230 g/mol. The Kier molecular flexibility index (Phi) is 2.22. The Labute approximate surface area is 101 Å². The third-order valence-corrected chi connectivity index (χ3v) is 3.89. The maximum absolute atomic E-state index is 5.92. The molecule has 2 heterocycles. The van der Waals surface area contributed by atoms with E-state index >= 15 is 0 Å². The summed E-state index contributed by atoms with van der Waals surface area (Å²) >= 11 is 0. The average Bonchev–Trinajstić information content (AvgIpc) is 2.62. The van der Waals surface area contributed by atoms with Gasteiger partial charge in [-0.05, 0) is 25.8 Å². The second-order valence-electron chi connectivity index (χ2n) is 5.33. The van der Waals surface area contributed by atoms with E-state index in [1.54, 1.807) is 0 Å². The van der Waals surface area contributed by atoms with Gasteiger partial charge in [0.1, 0.15) is 17.3 Å². The van der Waals surface area contributed by atoms with E-state index in [1.807, 2.05) is 6.92 Å². The zero-order valence-corrected chi connectivity index (χ0v) is 10.6.